The van der Waals surface area contributed by atoms with E-state index >= 15 is 0 Å². The van der Waals surface area contributed by atoms with Crippen molar-refractivity contribution in [3.63, 3.8) is 0 Å². The van der Waals surface area contributed by atoms with Gasteiger partial charge in [-0.2, -0.15) is 0 Å². The first-order chi connectivity index (χ1) is 19.0. The van der Waals surface area contributed by atoms with E-state index in [0.29, 0.717) is 31.1 Å². The van der Waals surface area contributed by atoms with E-state index in [-0.39, 0.29) is 18.6 Å². The number of carbonyl (C=O) groups excluding carboxylic acids is 1. The molecule has 1 aliphatic heterocycles. The monoisotopic (exact) mass is 552 g/mol. The molecule has 3 aromatic rings. The maximum Gasteiger partial charge on any atom is 0.230 e. The van der Waals surface area contributed by atoms with Crippen LogP contribution in [0.2, 0.25) is 5.02 Å². The predicted octanol–water partition coefficient (Wildman–Crippen LogP) is 4.70. The Morgan fingerprint density at radius 1 is 1.10 bits per heavy atom. The van der Waals surface area contributed by atoms with Gasteiger partial charge in [-0.05, 0) is 62.6 Å². The number of ether oxygens (including phenoxy) is 2. The third-order valence-electron chi connectivity index (χ3n) is 7.74. The van der Waals surface area contributed by atoms with Crippen molar-refractivity contribution in [1.29, 1.82) is 0 Å². The molecular weight excluding hydrogens is 516 g/mol. The Labute approximate surface area is 234 Å². The molecule has 1 unspecified atom stereocenters. The minimum atomic E-state index is -0.445. The number of nitrogens with one attached hydrogen (secondary N) is 3. The highest BCUT2D eigenvalue weighted by Gasteiger charge is 2.27. The van der Waals surface area contributed by atoms with Gasteiger partial charge in [0.15, 0.2) is 0 Å². The van der Waals surface area contributed by atoms with Crippen LogP contribution in [0.25, 0.3) is 10.9 Å². The van der Waals surface area contributed by atoms with Gasteiger partial charge in [0, 0.05) is 43.0 Å². The minimum absolute atomic E-state index is 0.0725. The van der Waals surface area contributed by atoms with E-state index < -0.39 is 5.92 Å². The van der Waals surface area contributed by atoms with Gasteiger partial charge in [0.05, 0.1) is 42.3 Å². The molecule has 2 aromatic heterocycles. The number of rotatable bonds is 11. The molecule has 1 atom stereocenters. The molecule has 3 N–H and O–H groups in total. The Balaban J connectivity index is 1.05. The molecule has 208 valence electrons. The molecule has 0 bridgehead atoms. The summed E-state index contributed by atoms with van der Waals surface area (Å²) in [7, 11) is 1.59. The van der Waals surface area contributed by atoms with Crippen LogP contribution in [-0.2, 0) is 14.3 Å². The van der Waals surface area contributed by atoms with E-state index in [0.717, 1.165) is 58.7 Å². The van der Waals surface area contributed by atoms with E-state index in [1.165, 1.54) is 12.8 Å². The largest absolute Gasteiger partial charge is 0.384 e. The molecule has 2 fully saturated rings. The molecule has 2 aliphatic rings. The summed E-state index contributed by atoms with van der Waals surface area (Å²) in [6.07, 6.45) is 9.07. The fraction of sp³-hybridized carbons (Fsp3) is 0.517. The molecule has 3 heterocycles. The number of aromatic nitrogens is 3. The molecule has 5 rings (SSSR count). The smallest absolute Gasteiger partial charge is 0.230 e. The van der Waals surface area contributed by atoms with Crippen LogP contribution in [0.4, 0.5) is 11.8 Å². The van der Waals surface area contributed by atoms with E-state index in [1.54, 1.807) is 19.5 Å². The summed E-state index contributed by atoms with van der Waals surface area (Å²) in [4.78, 5) is 26.3. The van der Waals surface area contributed by atoms with Crippen molar-refractivity contribution in [3.8, 4) is 0 Å². The Bertz CT molecular complexity index is 1260. The number of benzene rings is 1. The summed E-state index contributed by atoms with van der Waals surface area (Å²) in [5, 5.41) is 11.7. The van der Waals surface area contributed by atoms with Gasteiger partial charge in [0.1, 0.15) is 5.82 Å². The number of hydrogen-bond acceptors (Lipinski definition) is 8. The quantitative estimate of drug-likeness (QED) is 0.314. The lowest BCUT2D eigenvalue weighted by Gasteiger charge is -2.29. The van der Waals surface area contributed by atoms with Crippen LogP contribution in [0.5, 0.6) is 0 Å². The van der Waals surface area contributed by atoms with E-state index in [2.05, 4.69) is 38.1 Å². The van der Waals surface area contributed by atoms with Crippen LogP contribution >= 0.6 is 11.6 Å². The number of pyridine rings is 1. The lowest BCUT2D eigenvalue weighted by atomic mass is 9.84. The van der Waals surface area contributed by atoms with E-state index in [4.69, 9.17) is 26.1 Å². The molecule has 1 aromatic carbocycles. The number of carbonyl (C=O) groups is 1. The van der Waals surface area contributed by atoms with Gasteiger partial charge in [-0.3, -0.25) is 4.79 Å². The van der Waals surface area contributed by atoms with E-state index in [9.17, 15) is 4.79 Å². The van der Waals surface area contributed by atoms with Gasteiger partial charge in [0.2, 0.25) is 11.9 Å². The second kappa shape index (κ2) is 12.9. The highest BCUT2D eigenvalue weighted by molar-refractivity contribution is 6.35. The number of halogens is 1. The van der Waals surface area contributed by atoms with Crippen molar-refractivity contribution in [2.75, 3.05) is 44.1 Å². The molecule has 39 heavy (non-hydrogen) atoms. The number of methoxy groups -OCH3 is 1. The zero-order valence-electron chi connectivity index (χ0n) is 22.6. The number of aryl methyl sites for hydroxylation is 1. The fourth-order valence-electron chi connectivity index (χ4n) is 5.25. The van der Waals surface area contributed by atoms with Gasteiger partial charge in [-0.25, -0.2) is 15.0 Å². The molecular formula is C29H37ClN6O3. The number of fused-ring (bicyclic) bond motifs is 1. The Morgan fingerprint density at radius 3 is 2.54 bits per heavy atom. The van der Waals surface area contributed by atoms with Crippen molar-refractivity contribution < 1.29 is 14.3 Å². The van der Waals surface area contributed by atoms with Gasteiger partial charge < -0.3 is 25.4 Å². The summed E-state index contributed by atoms with van der Waals surface area (Å²) < 4.78 is 10.4. The minimum Gasteiger partial charge on any atom is -0.384 e. The number of nitrogens with zero attached hydrogens (tertiary/aromatic N) is 3. The number of amides is 1. The van der Waals surface area contributed by atoms with Crippen molar-refractivity contribution >= 4 is 40.2 Å². The molecule has 1 aliphatic carbocycles. The molecule has 1 saturated heterocycles. The lowest BCUT2D eigenvalue weighted by molar-refractivity contribution is -0.127. The van der Waals surface area contributed by atoms with Gasteiger partial charge >= 0.3 is 0 Å². The zero-order chi connectivity index (χ0) is 27.2. The molecule has 0 spiro atoms. The van der Waals surface area contributed by atoms with Crippen molar-refractivity contribution in [2.24, 2.45) is 5.92 Å². The Morgan fingerprint density at radius 2 is 1.85 bits per heavy atom. The summed E-state index contributed by atoms with van der Waals surface area (Å²) in [5.74, 6) is 1.60. The van der Waals surface area contributed by atoms with Crippen LogP contribution in [0.3, 0.4) is 0 Å². The number of anilines is 2. The predicted molar refractivity (Wildman–Crippen MR) is 153 cm³/mol. The maximum atomic E-state index is 12.6. The van der Waals surface area contributed by atoms with Gasteiger partial charge in [0.25, 0.3) is 0 Å². The first kappa shape index (κ1) is 27.6. The van der Waals surface area contributed by atoms with Crippen LogP contribution in [0.15, 0.2) is 36.7 Å². The third-order valence-corrected chi connectivity index (χ3v) is 8.21. The normalized spacial score (nSPS) is 20.3. The standard InChI is InChI=1S/C29H37ClN6O3/c1-18-3-6-20-7-10-25(36-27(20)26(18)30)34-22-8-4-19(5-9-22)11-12-31-29-32-13-21(14-33-29)24(17-38-2)28(37)35-23-15-39-16-23/h3,6-7,10,13-14,19,22-24H,4-5,8-9,11-12,15-17H2,1-2H3,(H,34,36)(H,35,37)(H,31,32,33). The molecule has 9 nitrogen and oxygen atoms in total. The third kappa shape index (κ3) is 6.96. The van der Waals surface area contributed by atoms with Crippen LogP contribution in [0.1, 0.15) is 49.1 Å². The number of hydrogen-bond donors (Lipinski definition) is 3. The maximum absolute atomic E-state index is 12.6. The first-order valence-corrected chi connectivity index (χ1v) is 14.1. The average molecular weight is 553 g/mol. The summed E-state index contributed by atoms with van der Waals surface area (Å²) in [5.41, 5.74) is 2.64. The zero-order valence-corrected chi connectivity index (χ0v) is 23.3. The summed E-state index contributed by atoms with van der Waals surface area (Å²) >= 11 is 6.49. The second-order valence-corrected chi connectivity index (χ2v) is 11.0. The Kier molecular flexibility index (Phi) is 9.11. The van der Waals surface area contributed by atoms with Gasteiger partial charge in [-0.15, -0.1) is 0 Å². The van der Waals surface area contributed by atoms with Crippen LogP contribution in [0, 0.1) is 12.8 Å². The lowest BCUT2D eigenvalue weighted by Crippen LogP contribution is -2.50. The van der Waals surface area contributed by atoms with Crippen molar-refractivity contribution in [3.05, 3.63) is 52.8 Å². The van der Waals surface area contributed by atoms with Crippen LogP contribution in [-0.4, -0.2) is 66.4 Å². The highest BCUT2D eigenvalue weighted by Crippen LogP contribution is 2.30. The topological polar surface area (TPSA) is 110 Å². The first-order valence-electron chi connectivity index (χ1n) is 13.8. The average Bonchev–Trinajstić information content (AvgIpc) is 2.93. The second-order valence-electron chi connectivity index (χ2n) is 10.6. The summed E-state index contributed by atoms with van der Waals surface area (Å²) in [6, 6.07) is 8.72. The molecule has 10 heteroatoms. The SMILES string of the molecule is COCC(C(=O)NC1COC1)c1cnc(NCCC2CCC(Nc3ccc4ccc(C)c(Cl)c4n3)CC2)nc1. The molecule has 0 radical (unpaired) electrons. The highest BCUT2D eigenvalue weighted by atomic mass is 35.5. The Hall–Kier alpha value is -3.01. The van der Waals surface area contributed by atoms with Crippen molar-refractivity contribution in [1.82, 2.24) is 20.3 Å². The molecule has 1 saturated carbocycles. The summed E-state index contributed by atoms with van der Waals surface area (Å²) in [6.45, 7) is 4.21. The van der Waals surface area contributed by atoms with E-state index in [1.807, 2.05) is 19.1 Å². The van der Waals surface area contributed by atoms with Crippen LogP contribution < -0.4 is 16.0 Å². The fourth-order valence-corrected chi connectivity index (χ4v) is 5.46. The molecule has 1 amide bonds. The van der Waals surface area contributed by atoms with Gasteiger partial charge in [-0.1, -0.05) is 23.7 Å². The van der Waals surface area contributed by atoms with Crippen molar-refractivity contribution in [2.45, 2.75) is 57.0 Å².